The zero-order valence-corrected chi connectivity index (χ0v) is 10.0. The van der Waals surface area contributed by atoms with Crippen LogP contribution in [0.3, 0.4) is 0 Å². The quantitative estimate of drug-likeness (QED) is 0.812. The minimum atomic E-state index is -4.29. The molecule has 94 valence electrons. The molecule has 1 aromatic carbocycles. The highest BCUT2D eigenvalue weighted by molar-refractivity contribution is 7.80. The standard InChI is InChI=1S/C12H13F3OS/c13-12(14,15)9-1-3-10(4-2-9)16-7-11(8-17)5-6-11/h1-4,17H,5-8H2. The van der Waals surface area contributed by atoms with Gasteiger partial charge in [0.1, 0.15) is 5.75 Å². The Hall–Kier alpha value is -0.840. The molecule has 1 aliphatic carbocycles. The number of hydrogen-bond donors (Lipinski definition) is 1. The third-order valence-electron chi connectivity index (χ3n) is 3.02. The molecule has 5 heteroatoms. The smallest absolute Gasteiger partial charge is 0.416 e. The van der Waals surface area contributed by atoms with E-state index in [0.29, 0.717) is 12.4 Å². The van der Waals surface area contributed by atoms with Gasteiger partial charge < -0.3 is 4.74 Å². The number of benzene rings is 1. The second-order valence-electron chi connectivity index (χ2n) is 4.47. The van der Waals surface area contributed by atoms with E-state index in [1.165, 1.54) is 12.1 Å². The highest BCUT2D eigenvalue weighted by Crippen LogP contribution is 2.46. The molecule has 1 aromatic rings. The molecule has 0 unspecified atom stereocenters. The average molecular weight is 262 g/mol. The molecule has 1 saturated carbocycles. The Labute approximate surface area is 103 Å². The maximum atomic E-state index is 12.3. The van der Waals surface area contributed by atoms with Gasteiger partial charge in [0.15, 0.2) is 0 Å². The predicted molar refractivity (Wildman–Crippen MR) is 62.5 cm³/mol. The molecule has 1 fully saturated rings. The molecule has 0 heterocycles. The molecule has 0 aliphatic heterocycles. The fraction of sp³-hybridized carbons (Fsp3) is 0.500. The first-order chi connectivity index (χ1) is 7.95. The lowest BCUT2D eigenvalue weighted by atomic mass is 10.1. The van der Waals surface area contributed by atoms with Gasteiger partial charge in [-0.25, -0.2) is 0 Å². The molecule has 17 heavy (non-hydrogen) atoms. The third-order valence-corrected chi connectivity index (χ3v) is 3.69. The van der Waals surface area contributed by atoms with Crippen LogP contribution >= 0.6 is 12.6 Å². The predicted octanol–water partition coefficient (Wildman–Crippen LogP) is 3.79. The van der Waals surface area contributed by atoms with E-state index in [1.807, 2.05) is 0 Å². The monoisotopic (exact) mass is 262 g/mol. The van der Waals surface area contributed by atoms with Gasteiger partial charge >= 0.3 is 6.18 Å². The largest absolute Gasteiger partial charge is 0.493 e. The van der Waals surface area contributed by atoms with Crippen LogP contribution in [0.15, 0.2) is 24.3 Å². The van der Waals surface area contributed by atoms with Gasteiger partial charge in [0.05, 0.1) is 12.2 Å². The Morgan fingerprint density at radius 1 is 1.18 bits per heavy atom. The zero-order valence-electron chi connectivity index (χ0n) is 9.13. The van der Waals surface area contributed by atoms with Crippen molar-refractivity contribution in [3.8, 4) is 5.75 Å². The maximum absolute atomic E-state index is 12.3. The van der Waals surface area contributed by atoms with Gasteiger partial charge in [-0.3, -0.25) is 0 Å². The molecule has 0 radical (unpaired) electrons. The summed E-state index contributed by atoms with van der Waals surface area (Å²) in [6.07, 6.45) is -2.13. The minimum Gasteiger partial charge on any atom is -0.493 e. The fourth-order valence-corrected chi connectivity index (χ4v) is 1.91. The molecule has 0 spiro atoms. The molecular weight excluding hydrogens is 249 g/mol. The number of alkyl halides is 3. The molecule has 0 saturated heterocycles. The highest BCUT2D eigenvalue weighted by Gasteiger charge is 2.42. The van der Waals surface area contributed by atoms with E-state index < -0.39 is 11.7 Å². The van der Waals surface area contributed by atoms with Gasteiger partial charge in [-0.1, -0.05) is 0 Å². The van der Waals surface area contributed by atoms with Crippen molar-refractivity contribution in [1.29, 1.82) is 0 Å². The summed E-state index contributed by atoms with van der Waals surface area (Å²) >= 11 is 4.24. The lowest BCUT2D eigenvalue weighted by Crippen LogP contribution is -2.14. The van der Waals surface area contributed by atoms with Crippen LogP contribution < -0.4 is 4.74 Å². The van der Waals surface area contributed by atoms with E-state index in [1.54, 1.807) is 0 Å². The minimum absolute atomic E-state index is 0.145. The Morgan fingerprint density at radius 2 is 1.76 bits per heavy atom. The molecular formula is C12H13F3OS. The van der Waals surface area contributed by atoms with Crippen LogP contribution in [0.1, 0.15) is 18.4 Å². The van der Waals surface area contributed by atoms with Crippen molar-refractivity contribution in [3.63, 3.8) is 0 Å². The lowest BCUT2D eigenvalue weighted by Gasteiger charge is -2.14. The topological polar surface area (TPSA) is 9.23 Å². The lowest BCUT2D eigenvalue weighted by molar-refractivity contribution is -0.137. The summed E-state index contributed by atoms with van der Waals surface area (Å²) in [6, 6.07) is 4.79. The number of rotatable bonds is 4. The Kier molecular flexibility index (Phi) is 3.30. The first-order valence-electron chi connectivity index (χ1n) is 5.36. The Morgan fingerprint density at radius 3 is 2.18 bits per heavy atom. The highest BCUT2D eigenvalue weighted by atomic mass is 32.1. The number of halogens is 3. The fourth-order valence-electron chi connectivity index (χ4n) is 1.50. The third kappa shape index (κ3) is 3.09. The first kappa shape index (κ1) is 12.6. The van der Waals surface area contributed by atoms with E-state index >= 15 is 0 Å². The molecule has 1 nitrogen and oxygen atoms in total. The second-order valence-corrected chi connectivity index (χ2v) is 4.79. The Balaban J connectivity index is 1.94. The summed E-state index contributed by atoms with van der Waals surface area (Å²) in [6.45, 7) is 0.530. The molecule has 0 amide bonds. The van der Waals surface area contributed by atoms with Gasteiger partial charge in [0.25, 0.3) is 0 Å². The van der Waals surface area contributed by atoms with E-state index in [9.17, 15) is 13.2 Å². The van der Waals surface area contributed by atoms with Crippen molar-refractivity contribution in [2.45, 2.75) is 19.0 Å². The molecule has 2 rings (SSSR count). The summed E-state index contributed by atoms with van der Waals surface area (Å²) < 4.78 is 42.4. The van der Waals surface area contributed by atoms with Crippen molar-refractivity contribution >= 4 is 12.6 Å². The molecule has 0 N–H and O–H groups in total. The van der Waals surface area contributed by atoms with Crippen LogP contribution in [0, 0.1) is 5.41 Å². The van der Waals surface area contributed by atoms with Crippen LogP contribution in [0.4, 0.5) is 13.2 Å². The van der Waals surface area contributed by atoms with Crippen LogP contribution in [0.5, 0.6) is 5.75 Å². The van der Waals surface area contributed by atoms with Crippen molar-refractivity contribution in [3.05, 3.63) is 29.8 Å². The first-order valence-corrected chi connectivity index (χ1v) is 5.99. The number of ether oxygens (including phenoxy) is 1. The Bertz CT molecular complexity index is 382. The zero-order chi connectivity index (χ0) is 12.5. The van der Waals surface area contributed by atoms with E-state index in [-0.39, 0.29) is 5.41 Å². The maximum Gasteiger partial charge on any atom is 0.416 e. The summed E-state index contributed by atoms with van der Waals surface area (Å²) in [5.74, 6) is 1.24. The van der Waals surface area contributed by atoms with Gasteiger partial charge in [-0.05, 0) is 42.9 Å². The van der Waals surface area contributed by atoms with E-state index in [0.717, 1.165) is 30.7 Å². The van der Waals surface area contributed by atoms with Gasteiger partial charge in [0.2, 0.25) is 0 Å². The van der Waals surface area contributed by atoms with Gasteiger partial charge in [0, 0.05) is 5.41 Å². The number of thiol groups is 1. The molecule has 0 bridgehead atoms. The van der Waals surface area contributed by atoms with Crippen LogP contribution in [-0.4, -0.2) is 12.4 Å². The number of hydrogen-bond acceptors (Lipinski definition) is 2. The van der Waals surface area contributed by atoms with Gasteiger partial charge in [-0.15, -0.1) is 0 Å². The van der Waals surface area contributed by atoms with Crippen LogP contribution in [0.25, 0.3) is 0 Å². The van der Waals surface area contributed by atoms with Crippen molar-refractivity contribution in [2.75, 3.05) is 12.4 Å². The summed E-state index contributed by atoms with van der Waals surface area (Å²) in [5, 5.41) is 0. The van der Waals surface area contributed by atoms with Crippen LogP contribution in [-0.2, 0) is 6.18 Å². The summed E-state index contributed by atoms with van der Waals surface area (Å²) in [5.41, 5.74) is -0.508. The normalized spacial score (nSPS) is 17.9. The van der Waals surface area contributed by atoms with E-state index in [2.05, 4.69) is 12.6 Å². The van der Waals surface area contributed by atoms with Gasteiger partial charge in [-0.2, -0.15) is 25.8 Å². The average Bonchev–Trinajstić information content (AvgIpc) is 3.06. The van der Waals surface area contributed by atoms with Crippen molar-refractivity contribution in [2.24, 2.45) is 5.41 Å². The summed E-state index contributed by atoms with van der Waals surface area (Å²) in [4.78, 5) is 0. The SMILES string of the molecule is FC(F)(F)c1ccc(OCC2(CS)CC2)cc1. The van der Waals surface area contributed by atoms with E-state index in [4.69, 9.17) is 4.74 Å². The van der Waals surface area contributed by atoms with Crippen molar-refractivity contribution < 1.29 is 17.9 Å². The summed E-state index contributed by atoms with van der Waals surface area (Å²) in [7, 11) is 0. The molecule has 0 atom stereocenters. The second kappa shape index (κ2) is 4.44. The van der Waals surface area contributed by atoms with Crippen molar-refractivity contribution in [1.82, 2.24) is 0 Å². The molecule has 0 aromatic heterocycles. The van der Waals surface area contributed by atoms with Crippen LogP contribution in [0.2, 0.25) is 0 Å². The molecule has 1 aliphatic rings.